The average molecular weight is 638 g/mol. The Bertz CT molecular complexity index is 1460. The van der Waals surface area contributed by atoms with Crippen LogP contribution in [0.25, 0.3) is 27.2 Å². The van der Waals surface area contributed by atoms with Crippen LogP contribution in [0.3, 0.4) is 0 Å². The number of hydrogen-bond acceptors (Lipinski definition) is 2. The second kappa shape index (κ2) is 15.5. The van der Waals surface area contributed by atoms with E-state index in [0.717, 1.165) is 23.9 Å². The summed E-state index contributed by atoms with van der Waals surface area (Å²) in [6, 6.07) is 23.9. The Morgan fingerprint density at radius 2 is 1.82 bits per heavy atom. The number of rotatable bonds is 6. The van der Waals surface area contributed by atoms with Gasteiger partial charge in [0.05, 0.1) is 24.8 Å². The molecule has 4 aromatic carbocycles. The molecule has 0 bridgehead atoms. The predicted octanol–water partition coefficient (Wildman–Crippen LogP) is 1.11. The van der Waals surface area contributed by atoms with Gasteiger partial charge in [-0.15, -0.1) is 52.1 Å². The van der Waals surface area contributed by atoms with Crippen molar-refractivity contribution >= 4 is 40.5 Å². The van der Waals surface area contributed by atoms with E-state index in [0.29, 0.717) is 0 Å². The molecular formula is C30H31Cl2N4SiZr-. The van der Waals surface area contributed by atoms with E-state index in [1.54, 1.807) is 6.20 Å². The Labute approximate surface area is 254 Å². The molecule has 1 aliphatic heterocycles. The third-order valence-corrected chi connectivity index (χ3v) is 6.57. The van der Waals surface area contributed by atoms with Crippen LogP contribution in [-0.2, 0) is 29.8 Å². The second-order valence-corrected chi connectivity index (χ2v) is 8.84. The fourth-order valence-corrected chi connectivity index (χ4v) is 5.02. The first-order valence-corrected chi connectivity index (χ1v) is 16.6. The number of aromatic nitrogens is 2. The zero-order chi connectivity index (χ0) is 25.4. The van der Waals surface area contributed by atoms with E-state index in [1.807, 2.05) is 23.3 Å². The van der Waals surface area contributed by atoms with Crippen LogP contribution >= 0.6 is 0 Å². The number of fused-ring (bicyclic) bond motifs is 2. The van der Waals surface area contributed by atoms with Gasteiger partial charge in [0, 0.05) is 18.1 Å². The van der Waals surface area contributed by atoms with Crippen LogP contribution in [0.5, 0.6) is 0 Å². The van der Waals surface area contributed by atoms with E-state index < -0.39 is 0 Å². The topological polar surface area (TPSA) is 30.2 Å². The number of imidazole rings is 1. The molecule has 8 heteroatoms. The molecule has 1 unspecified atom stereocenters. The summed E-state index contributed by atoms with van der Waals surface area (Å²) in [4.78, 5) is 8.40. The van der Waals surface area contributed by atoms with Gasteiger partial charge in [-0.2, -0.15) is 18.2 Å². The Balaban J connectivity index is 0.000000249. The van der Waals surface area contributed by atoms with Gasteiger partial charge in [-0.05, 0) is 12.5 Å². The molecule has 194 valence electrons. The van der Waals surface area contributed by atoms with Crippen LogP contribution in [0.2, 0.25) is 0 Å². The fraction of sp³-hybridized carbons (Fsp3) is 0.200. The average Bonchev–Trinajstić information content (AvgIpc) is 3.73. The summed E-state index contributed by atoms with van der Waals surface area (Å²) in [5.41, 5.74) is 4.01. The van der Waals surface area contributed by atoms with Gasteiger partial charge in [0.1, 0.15) is 6.20 Å². The number of nitrogens with zero attached hydrogens (tertiary/aromatic N) is 4. The number of benzene rings is 2. The number of halogens is 2. The van der Waals surface area contributed by atoms with Crippen molar-refractivity contribution in [3.05, 3.63) is 103 Å². The SMILES string of the molecule is CCC[c-]1ccc2c([N+]3(CCC)C=CN=C3)cccc21.[Cl-].[Cl-].[Si]=[Zr+2].c1cc(-n2ccnc2)c2cc[cH-]c2c1. The van der Waals surface area contributed by atoms with Gasteiger partial charge in [0.25, 0.3) is 0 Å². The molecule has 1 aliphatic rings. The maximum absolute atomic E-state index is 4.35. The van der Waals surface area contributed by atoms with Gasteiger partial charge >= 0.3 is 30.2 Å². The summed E-state index contributed by atoms with van der Waals surface area (Å²) in [6.45, 7) is 8.59. The van der Waals surface area contributed by atoms with Crippen molar-refractivity contribution in [2.75, 3.05) is 6.54 Å². The van der Waals surface area contributed by atoms with Gasteiger partial charge in [-0.25, -0.2) is 14.5 Å². The van der Waals surface area contributed by atoms with Crippen molar-refractivity contribution in [2.45, 2.75) is 33.1 Å². The Kier molecular flexibility index (Phi) is 13.1. The molecule has 0 fully saturated rings. The summed E-state index contributed by atoms with van der Waals surface area (Å²) in [5.74, 6) is 0. The fourth-order valence-electron chi connectivity index (χ4n) is 5.02. The summed E-state index contributed by atoms with van der Waals surface area (Å²) in [5, 5.41) is 5.33. The van der Waals surface area contributed by atoms with Crippen LogP contribution in [0, 0.1) is 0 Å². The van der Waals surface area contributed by atoms with Gasteiger partial charge < -0.3 is 29.4 Å². The van der Waals surface area contributed by atoms with Gasteiger partial charge in [-0.3, -0.25) is 0 Å². The van der Waals surface area contributed by atoms with Gasteiger partial charge in [0.2, 0.25) is 0 Å². The van der Waals surface area contributed by atoms with Crippen molar-refractivity contribution in [3.8, 4) is 5.69 Å². The Morgan fingerprint density at radius 3 is 2.50 bits per heavy atom. The standard InChI is InChI=1S/C18H22N2.C12H9N2.2ClH.Si.Zr/c1-3-6-15-9-10-17-16(15)7-5-8-18(17)20(12-4-2)13-11-19-14-20;1-3-10-4-2-6-12(11(10)5-1)14-8-7-13-9-14;;;;/h5,7-11,13-14H,3-4,6,12H2,1-2H3;1-9H;2*1H;;/q;-1;;;;+2/p-2. The van der Waals surface area contributed by atoms with E-state index in [9.17, 15) is 0 Å². The first-order valence-electron chi connectivity index (χ1n) is 12.4. The van der Waals surface area contributed by atoms with Gasteiger partial charge in [0.15, 0.2) is 6.34 Å². The molecule has 0 spiro atoms. The summed E-state index contributed by atoms with van der Waals surface area (Å²) in [7, 11) is 0. The molecule has 0 saturated heterocycles. The number of aliphatic imine (C=N–C) groups is 1. The molecular weight excluding hydrogens is 607 g/mol. The van der Waals surface area contributed by atoms with Crippen LogP contribution in [0.4, 0.5) is 5.69 Å². The minimum Gasteiger partial charge on any atom is -0.315 e. The van der Waals surface area contributed by atoms with Crippen molar-refractivity contribution in [2.24, 2.45) is 4.99 Å². The molecule has 2 heterocycles. The molecule has 0 N–H and O–H groups in total. The zero-order valence-electron chi connectivity index (χ0n) is 21.7. The summed E-state index contributed by atoms with van der Waals surface area (Å²) in [6.07, 6.45) is 15.2. The van der Waals surface area contributed by atoms with Crippen molar-refractivity contribution in [3.63, 3.8) is 0 Å². The van der Waals surface area contributed by atoms with E-state index in [2.05, 4.69) is 110 Å². The molecule has 0 amide bonds. The second-order valence-electron chi connectivity index (χ2n) is 8.84. The summed E-state index contributed by atoms with van der Waals surface area (Å²) < 4.78 is 2.78. The zero-order valence-corrected chi connectivity index (χ0v) is 26.7. The molecule has 2 radical (unpaired) electrons. The van der Waals surface area contributed by atoms with Crippen LogP contribution in [-0.4, -0.2) is 29.3 Å². The third-order valence-electron chi connectivity index (χ3n) is 6.57. The molecule has 38 heavy (non-hydrogen) atoms. The number of aryl methyl sites for hydroxylation is 1. The number of quaternary nitrogens is 1. The van der Waals surface area contributed by atoms with Crippen LogP contribution in [0.15, 0.2) is 103 Å². The van der Waals surface area contributed by atoms with E-state index in [1.165, 1.54) is 68.2 Å². The predicted molar refractivity (Wildman–Crippen MR) is 151 cm³/mol. The van der Waals surface area contributed by atoms with Gasteiger partial charge in [-0.1, -0.05) is 44.2 Å². The third kappa shape index (κ3) is 6.73. The molecule has 4 nitrogen and oxygen atoms in total. The van der Waals surface area contributed by atoms with Crippen molar-refractivity contribution in [1.29, 1.82) is 0 Å². The largest absolute Gasteiger partial charge is 0.315 e. The van der Waals surface area contributed by atoms with Crippen LogP contribution in [0.1, 0.15) is 32.3 Å². The quantitative estimate of drug-likeness (QED) is 0.156. The maximum Gasteiger partial charge on any atom is 0.0984 e. The maximum atomic E-state index is 4.35. The minimum absolute atomic E-state index is 0. The summed E-state index contributed by atoms with van der Waals surface area (Å²) >= 11 is 1.36. The van der Waals surface area contributed by atoms with Crippen molar-refractivity contribution in [1.82, 2.24) is 14.0 Å². The van der Waals surface area contributed by atoms with E-state index >= 15 is 0 Å². The Morgan fingerprint density at radius 1 is 1.00 bits per heavy atom. The molecule has 5 aromatic rings. The molecule has 0 saturated carbocycles. The first-order chi connectivity index (χ1) is 17.8. The molecule has 6 rings (SSSR count). The Hall–Kier alpha value is -2.08. The van der Waals surface area contributed by atoms with E-state index in [4.69, 9.17) is 0 Å². The smallest absolute Gasteiger partial charge is 0.0984 e. The van der Waals surface area contributed by atoms with Crippen LogP contribution < -0.4 is 29.3 Å². The van der Waals surface area contributed by atoms with Crippen molar-refractivity contribution < 1.29 is 48.1 Å². The molecule has 1 atom stereocenters. The number of hydrogen-bond donors (Lipinski definition) is 0. The normalized spacial score (nSPS) is 15.3. The molecule has 1 aromatic heterocycles. The first kappa shape index (κ1) is 32.1. The molecule has 0 aliphatic carbocycles. The van der Waals surface area contributed by atoms with E-state index in [-0.39, 0.29) is 24.8 Å². The minimum atomic E-state index is 0. The monoisotopic (exact) mass is 635 g/mol.